The number of amides is 1. The van der Waals surface area contributed by atoms with Crippen molar-refractivity contribution in [1.82, 2.24) is 13.5 Å². The largest absolute Gasteiger partial charge is 0.332 e. The highest BCUT2D eigenvalue weighted by Gasteiger charge is 2.17. The topological polar surface area (TPSA) is 86.0 Å². The molecule has 142 valence electrons. The smallest absolute Gasteiger partial charge is 0.324 e. The number of fused-ring (bicyclic) bond motifs is 1. The lowest BCUT2D eigenvalue weighted by Gasteiger charge is -2.14. The van der Waals surface area contributed by atoms with Gasteiger partial charge in [0, 0.05) is 17.6 Å². The first-order valence-corrected chi connectivity index (χ1v) is 9.62. The lowest BCUT2D eigenvalue weighted by atomic mass is 10.1. The van der Waals surface area contributed by atoms with Crippen LogP contribution in [0, 0.1) is 20.8 Å². The van der Waals surface area contributed by atoms with Gasteiger partial charge in [-0.1, -0.05) is 24.6 Å². The second-order valence-electron chi connectivity index (χ2n) is 6.70. The van der Waals surface area contributed by atoms with E-state index in [0.717, 1.165) is 38.5 Å². The predicted octanol–water partition coefficient (Wildman–Crippen LogP) is 2.59. The first-order chi connectivity index (χ1) is 12.8. The minimum atomic E-state index is -0.484. The number of aryl methyl sites for hydroxylation is 3. The molecule has 3 aromatic rings. The molecule has 0 saturated carbocycles. The molecular formula is C19H22N4O3S. The third-order valence-electron chi connectivity index (χ3n) is 4.44. The van der Waals surface area contributed by atoms with Gasteiger partial charge in [0.05, 0.1) is 5.52 Å². The second kappa shape index (κ2) is 7.48. The fraction of sp³-hybridized carbons (Fsp3) is 0.368. The third-order valence-corrected chi connectivity index (χ3v) is 5.06. The van der Waals surface area contributed by atoms with Crippen LogP contribution in [0.1, 0.15) is 30.0 Å². The maximum Gasteiger partial charge on any atom is 0.332 e. The average Bonchev–Trinajstić information content (AvgIpc) is 3.08. The van der Waals surface area contributed by atoms with E-state index in [9.17, 15) is 14.4 Å². The zero-order valence-corrected chi connectivity index (χ0v) is 16.6. The second-order valence-corrected chi connectivity index (χ2v) is 7.32. The molecule has 0 unspecified atom stereocenters. The molecule has 0 radical (unpaired) electrons. The Kier molecular flexibility index (Phi) is 5.27. The van der Waals surface area contributed by atoms with E-state index in [0.29, 0.717) is 18.5 Å². The van der Waals surface area contributed by atoms with E-state index in [1.807, 2.05) is 39.8 Å². The molecule has 3 rings (SSSR count). The van der Waals surface area contributed by atoms with Crippen LogP contribution in [-0.4, -0.2) is 19.4 Å². The molecule has 0 aliphatic carbocycles. The molecule has 7 nitrogen and oxygen atoms in total. The van der Waals surface area contributed by atoms with E-state index in [1.165, 1.54) is 4.57 Å². The molecule has 8 heteroatoms. The number of hydrogen-bond donors (Lipinski definition) is 1. The van der Waals surface area contributed by atoms with Crippen LogP contribution in [0.25, 0.3) is 11.0 Å². The van der Waals surface area contributed by atoms with E-state index >= 15 is 0 Å². The Balaban J connectivity index is 2.00. The Morgan fingerprint density at radius 2 is 1.81 bits per heavy atom. The van der Waals surface area contributed by atoms with Gasteiger partial charge in [-0.2, -0.15) is 4.37 Å². The average molecular weight is 386 g/mol. The van der Waals surface area contributed by atoms with Gasteiger partial charge in [0.25, 0.3) is 5.56 Å². The summed E-state index contributed by atoms with van der Waals surface area (Å²) in [5.74, 6) is -0.318. The number of nitrogens with one attached hydrogen (secondary N) is 1. The van der Waals surface area contributed by atoms with E-state index in [2.05, 4.69) is 9.69 Å². The van der Waals surface area contributed by atoms with Crippen LogP contribution in [0.3, 0.4) is 0 Å². The van der Waals surface area contributed by atoms with Gasteiger partial charge in [-0.15, -0.1) is 0 Å². The molecule has 0 atom stereocenters. The Labute approximate surface area is 160 Å². The van der Waals surface area contributed by atoms with Crippen LogP contribution in [0.2, 0.25) is 0 Å². The number of benzene rings is 1. The molecule has 2 aromatic heterocycles. The first-order valence-electron chi connectivity index (χ1n) is 8.79. The lowest BCUT2D eigenvalue weighted by molar-refractivity contribution is -0.116. The van der Waals surface area contributed by atoms with Crippen molar-refractivity contribution in [2.24, 2.45) is 0 Å². The summed E-state index contributed by atoms with van der Waals surface area (Å²) in [7, 11) is 0. The normalized spacial score (nSPS) is 11.1. The van der Waals surface area contributed by atoms with Crippen LogP contribution in [0.4, 0.5) is 5.69 Å². The van der Waals surface area contributed by atoms with Gasteiger partial charge in [0.1, 0.15) is 6.54 Å². The molecule has 1 amide bonds. The van der Waals surface area contributed by atoms with Crippen molar-refractivity contribution in [2.75, 3.05) is 5.32 Å². The number of aromatic nitrogens is 3. The highest BCUT2D eigenvalue weighted by Crippen LogP contribution is 2.22. The van der Waals surface area contributed by atoms with Gasteiger partial charge in [0.15, 0.2) is 5.52 Å². The summed E-state index contributed by atoms with van der Waals surface area (Å²) in [6.45, 7) is 7.88. The maximum absolute atomic E-state index is 12.8. The quantitative estimate of drug-likeness (QED) is 0.730. The Bertz CT molecular complexity index is 1120. The molecular weight excluding hydrogens is 364 g/mol. The van der Waals surface area contributed by atoms with Crippen LogP contribution in [0.15, 0.2) is 27.1 Å². The Morgan fingerprint density at radius 1 is 1.15 bits per heavy atom. The zero-order chi connectivity index (χ0) is 19.7. The molecule has 1 N–H and O–H groups in total. The Morgan fingerprint density at radius 3 is 2.44 bits per heavy atom. The van der Waals surface area contributed by atoms with Gasteiger partial charge >= 0.3 is 5.69 Å². The van der Waals surface area contributed by atoms with Crippen molar-refractivity contribution in [3.05, 3.63) is 55.0 Å². The monoisotopic (exact) mass is 386 g/mol. The summed E-state index contributed by atoms with van der Waals surface area (Å²) in [6, 6.07) is 3.99. The molecule has 0 saturated heterocycles. The standard InChI is InChI=1S/C19H22N4O3S/c1-5-6-22-18(25)17-14(10-27-21-17)23(19(22)26)9-15(24)20-16-12(3)7-11(2)8-13(16)4/h7-8,10H,5-6,9H2,1-4H3,(H,20,24). The lowest BCUT2D eigenvalue weighted by Crippen LogP contribution is -2.41. The van der Waals surface area contributed by atoms with Gasteiger partial charge in [-0.05, 0) is 49.9 Å². The van der Waals surface area contributed by atoms with Gasteiger partial charge in [-0.3, -0.25) is 18.7 Å². The molecule has 27 heavy (non-hydrogen) atoms. The van der Waals surface area contributed by atoms with E-state index in [4.69, 9.17) is 0 Å². The van der Waals surface area contributed by atoms with Crippen molar-refractivity contribution in [3.8, 4) is 0 Å². The van der Waals surface area contributed by atoms with E-state index in [-0.39, 0.29) is 18.0 Å². The molecule has 1 aromatic carbocycles. The summed E-state index contributed by atoms with van der Waals surface area (Å²) in [5, 5.41) is 4.53. The van der Waals surface area contributed by atoms with Crippen LogP contribution in [-0.2, 0) is 17.9 Å². The fourth-order valence-corrected chi connectivity index (χ4v) is 3.98. The zero-order valence-electron chi connectivity index (χ0n) is 15.8. The molecule has 0 aliphatic heterocycles. The van der Waals surface area contributed by atoms with Crippen LogP contribution < -0.4 is 16.6 Å². The van der Waals surface area contributed by atoms with Gasteiger partial charge < -0.3 is 5.32 Å². The van der Waals surface area contributed by atoms with Gasteiger partial charge in [-0.25, -0.2) is 4.79 Å². The summed E-state index contributed by atoms with van der Waals surface area (Å²) in [6.07, 6.45) is 0.638. The first kappa shape index (κ1) is 19.0. The molecule has 0 fully saturated rings. The predicted molar refractivity (Wildman–Crippen MR) is 108 cm³/mol. The number of carbonyl (C=O) groups is 1. The summed E-state index contributed by atoms with van der Waals surface area (Å²) in [4.78, 5) is 37.9. The summed E-state index contributed by atoms with van der Waals surface area (Å²) in [5.41, 5.74) is 3.54. The van der Waals surface area contributed by atoms with E-state index < -0.39 is 11.2 Å². The van der Waals surface area contributed by atoms with Crippen molar-refractivity contribution < 1.29 is 4.79 Å². The number of nitrogens with zero attached hydrogens (tertiary/aromatic N) is 3. The number of hydrogen-bond acceptors (Lipinski definition) is 5. The number of anilines is 1. The summed E-state index contributed by atoms with van der Waals surface area (Å²) < 4.78 is 6.58. The SMILES string of the molecule is CCCn1c(=O)c2nscc2n(CC(=O)Nc2c(C)cc(C)cc2C)c1=O. The van der Waals surface area contributed by atoms with E-state index in [1.54, 1.807) is 5.38 Å². The van der Waals surface area contributed by atoms with Crippen molar-refractivity contribution >= 4 is 34.2 Å². The minimum Gasteiger partial charge on any atom is -0.324 e. The maximum atomic E-state index is 12.8. The highest BCUT2D eigenvalue weighted by atomic mass is 32.1. The van der Waals surface area contributed by atoms with Crippen molar-refractivity contribution in [2.45, 2.75) is 47.2 Å². The molecule has 0 aliphatic rings. The summed E-state index contributed by atoms with van der Waals surface area (Å²) >= 11 is 1.10. The fourth-order valence-electron chi connectivity index (χ4n) is 3.31. The third kappa shape index (κ3) is 3.57. The Hall–Kier alpha value is -2.74. The van der Waals surface area contributed by atoms with Crippen molar-refractivity contribution in [1.29, 1.82) is 0 Å². The molecule has 0 bridgehead atoms. The number of carbonyl (C=O) groups excluding carboxylic acids is 1. The molecule has 2 heterocycles. The van der Waals surface area contributed by atoms with Crippen molar-refractivity contribution in [3.63, 3.8) is 0 Å². The minimum absolute atomic E-state index is 0.176. The molecule has 0 spiro atoms. The van der Waals surface area contributed by atoms with Gasteiger partial charge in [0.2, 0.25) is 5.91 Å². The highest BCUT2D eigenvalue weighted by molar-refractivity contribution is 7.04. The van der Waals surface area contributed by atoms with Crippen LogP contribution in [0.5, 0.6) is 0 Å². The number of rotatable bonds is 5. The van der Waals surface area contributed by atoms with Crippen LogP contribution >= 0.6 is 11.5 Å².